The summed E-state index contributed by atoms with van der Waals surface area (Å²) in [6.45, 7) is 7.52. The number of rotatable bonds is 4. The third-order valence-electron chi connectivity index (χ3n) is 4.30. The molecule has 1 unspecified atom stereocenters. The number of carboxylic acid groups (broad SMARTS) is 1. The van der Waals surface area contributed by atoms with Crippen molar-refractivity contribution in [3.8, 4) is 0 Å². The van der Waals surface area contributed by atoms with Gasteiger partial charge in [0.25, 0.3) is 0 Å². The van der Waals surface area contributed by atoms with Gasteiger partial charge in [-0.15, -0.1) is 0 Å². The molecule has 0 aromatic carbocycles. The largest absolute Gasteiger partial charge is 0.481 e. The van der Waals surface area contributed by atoms with Gasteiger partial charge >= 0.3 is 12.1 Å². The van der Waals surface area contributed by atoms with Crippen molar-refractivity contribution in [2.45, 2.75) is 50.8 Å². The Labute approximate surface area is 131 Å². The minimum Gasteiger partial charge on any atom is -0.481 e. The van der Waals surface area contributed by atoms with Crippen molar-refractivity contribution in [3.63, 3.8) is 0 Å². The number of hydrogen-bond acceptors (Lipinski definition) is 5. The highest BCUT2D eigenvalue weighted by molar-refractivity contribution is 5.73. The number of amides is 1. The van der Waals surface area contributed by atoms with Crippen LogP contribution in [0.15, 0.2) is 0 Å². The third-order valence-corrected chi connectivity index (χ3v) is 4.30. The molecule has 0 radical (unpaired) electrons. The Morgan fingerprint density at radius 2 is 2.05 bits per heavy atom. The molecule has 0 saturated carbocycles. The molecule has 1 N–H and O–H groups in total. The van der Waals surface area contributed by atoms with E-state index in [1.807, 2.05) is 27.8 Å². The van der Waals surface area contributed by atoms with Gasteiger partial charge in [0.05, 0.1) is 18.6 Å². The van der Waals surface area contributed by atoms with Crippen LogP contribution < -0.4 is 0 Å². The Balaban J connectivity index is 2.01. The molecule has 22 heavy (non-hydrogen) atoms. The second-order valence-corrected chi connectivity index (χ2v) is 7.26. The zero-order valence-corrected chi connectivity index (χ0v) is 13.8. The first kappa shape index (κ1) is 17.0. The van der Waals surface area contributed by atoms with E-state index in [1.165, 1.54) is 0 Å². The maximum absolute atomic E-state index is 12.1. The second-order valence-electron chi connectivity index (χ2n) is 7.26. The summed E-state index contributed by atoms with van der Waals surface area (Å²) >= 11 is 0. The van der Waals surface area contributed by atoms with Gasteiger partial charge in [-0.1, -0.05) is 0 Å². The Morgan fingerprint density at radius 3 is 2.50 bits per heavy atom. The predicted octanol–water partition coefficient (Wildman–Crippen LogP) is 1.17. The molecule has 2 fully saturated rings. The van der Waals surface area contributed by atoms with Gasteiger partial charge in [0.2, 0.25) is 0 Å². The van der Waals surface area contributed by atoms with Crippen LogP contribution in [-0.2, 0) is 14.3 Å². The number of aliphatic carboxylic acids is 1. The molecule has 7 nitrogen and oxygen atoms in total. The molecule has 0 aromatic rings. The van der Waals surface area contributed by atoms with E-state index in [-0.39, 0.29) is 18.6 Å². The summed E-state index contributed by atoms with van der Waals surface area (Å²) in [5.74, 6) is -0.852. The lowest BCUT2D eigenvalue weighted by molar-refractivity contribution is -0.146. The standard InChI is InChI=1S/C15H26N2O5/c1-14(2,3)22-13(20)17-9-15(10-17,7-12(18)19)16(4)11-5-6-21-8-11/h11H,5-10H2,1-4H3,(H,18,19). The molecule has 2 aliphatic heterocycles. The maximum atomic E-state index is 12.1. The fourth-order valence-corrected chi connectivity index (χ4v) is 3.08. The van der Waals surface area contributed by atoms with Crippen LogP contribution >= 0.6 is 0 Å². The summed E-state index contributed by atoms with van der Waals surface area (Å²) in [4.78, 5) is 27.0. The molecule has 0 aromatic heterocycles. The molecule has 1 atom stereocenters. The first-order valence-corrected chi connectivity index (χ1v) is 7.63. The van der Waals surface area contributed by atoms with Crippen LogP contribution in [0.3, 0.4) is 0 Å². The number of likely N-dealkylation sites (tertiary alicyclic amines) is 1. The minimum atomic E-state index is -0.852. The number of carboxylic acids is 1. The molecular weight excluding hydrogens is 288 g/mol. The van der Waals surface area contributed by atoms with E-state index >= 15 is 0 Å². The van der Waals surface area contributed by atoms with Crippen molar-refractivity contribution in [2.24, 2.45) is 0 Å². The minimum absolute atomic E-state index is 0.0132. The lowest BCUT2D eigenvalue weighted by atomic mass is 9.83. The monoisotopic (exact) mass is 314 g/mol. The number of carbonyl (C=O) groups is 2. The summed E-state index contributed by atoms with van der Waals surface area (Å²) < 4.78 is 10.7. The average Bonchev–Trinajstić information content (AvgIpc) is 2.83. The lowest BCUT2D eigenvalue weighted by Gasteiger charge is -2.55. The number of hydrogen-bond donors (Lipinski definition) is 1. The summed E-state index contributed by atoms with van der Waals surface area (Å²) in [7, 11) is 1.93. The molecule has 0 spiro atoms. The molecule has 2 heterocycles. The number of nitrogens with zero attached hydrogens (tertiary/aromatic N) is 2. The van der Waals surface area contributed by atoms with E-state index in [1.54, 1.807) is 4.90 Å². The summed E-state index contributed by atoms with van der Waals surface area (Å²) in [6.07, 6.45) is 0.522. The highest BCUT2D eigenvalue weighted by atomic mass is 16.6. The fourth-order valence-electron chi connectivity index (χ4n) is 3.08. The molecule has 1 amide bonds. The maximum Gasteiger partial charge on any atom is 0.410 e. The third kappa shape index (κ3) is 3.70. The molecule has 2 aliphatic rings. The van der Waals surface area contributed by atoms with E-state index in [4.69, 9.17) is 9.47 Å². The lowest BCUT2D eigenvalue weighted by Crippen LogP contribution is -2.73. The fraction of sp³-hybridized carbons (Fsp3) is 0.867. The molecule has 0 bridgehead atoms. The van der Waals surface area contributed by atoms with Gasteiger partial charge in [-0.25, -0.2) is 4.79 Å². The van der Waals surface area contributed by atoms with Gasteiger partial charge in [0.1, 0.15) is 5.60 Å². The summed E-state index contributed by atoms with van der Waals surface area (Å²) in [6, 6.07) is 0.208. The van der Waals surface area contributed by atoms with Crippen molar-refractivity contribution >= 4 is 12.1 Å². The highest BCUT2D eigenvalue weighted by Gasteiger charge is 2.52. The molecule has 0 aliphatic carbocycles. The van der Waals surface area contributed by atoms with E-state index in [0.29, 0.717) is 26.3 Å². The van der Waals surface area contributed by atoms with Crippen LogP contribution in [0.25, 0.3) is 0 Å². The first-order chi connectivity index (χ1) is 10.1. The van der Waals surface area contributed by atoms with E-state index < -0.39 is 17.1 Å². The average molecular weight is 314 g/mol. The second kappa shape index (κ2) is 6.04. The number of carbonyl (C=O) groups excluding carboxylic acids is 1. The molecule has 2 rings (SSSR count). The van der Waals surface area contributed by atoms with Crippen molar-refractivity contribution in [2.75, 3.05) is 33.4 Å². The molecular formula is C15H26N2O5. The Kier molecular flexibility index (Phi) is 4.67. The van der Waals surface area contributed by atoms with Gasteiger partial charge in [0.15, 0.2) is 0 Å². The molecule has 126 valence electrons. The van der Waals surface area contributed by atoms with Crippen LogP contribution in [0.5, 0.6) is 0 Å². The first-order valence-electron chi connectivity index (χ1n) is 7.63. The van der Waals surface area contributed by atoms with Crippen LogP contribution in [0.1, 0.15) is 33.6 Å². The smallest absolute Gasteiger partial charge is 0.410 e. The molecule has 7 heteroatoms. The van der Waals surface area contributed by atoms with Crippen LogP contribution in [0.2, 0.25) is 0 Å². The summed E-state index contributed by atoms with van der Waals surface area (Å²) in [5.41, 5.74) is -1.07. The van der Waals surface area contributed by atoms with Gasteiger partial charge in [0, 0.05) is 25.7 Å². The van der Waals surface area contributed by atoms with Gasteiger partial charge < -0.3 is 19.5 Å². The van der Waals surface area contributed by atoms with Gasteiger partial charge in [-0.3, -0.25) is 9.69 Å². The quantitative estimate of drug-likeness (QED) is 0.839. The van der Waals surface area contributed by atoms with E-state index in [9.17, 15) is 14.7 Å². The highest BCUT2D eigenvalue weighted by Crippen LogP contribution is 2.34. The molecule has 2 saturated heterocycles. The topological polar surface area (TPSA) is 79.3 Å². The van der Waals surface area contributed by atoms with Crippen LogP contribution in [0, 0.1) is 0 Å². The van der Waals surface area contributed by atoms with Gasteiger partial charge in [-0.2, -0.15) is 0 Å². The zero-order valence-electron chi connectivity index (χ0n) is 13.8. The van der Waals surface area contributed by atoms with Crippen LogP contribution in [0.4, 0.5) is 4.79 Å². The van der Waals surface area contributed by atoms with Crippen LogP contribution in [-0.4, -0.2) is 77.5 Å². The number of ether oxygens (including phenoxy) is 2. The predicted molar refractivity (Wildman–Crippen MR) is 79.8 cm³/mol. The van der Waals surface area contributed by atoms with E-state index in [2.05, 4.69) is 4.90 Å². The summed E-state index contributed by atoms with van der Waals surface area (Å²) in [5, 5.41) is 9.22. The SMILES string of the molecule is CN(C1CCOC1)C1(CC(=O)O)CN(C(=O)OC(C)(C)C)C1. The Bertz CT molecular complexity index is 434. The van der Waals surface area contributed by atoms with Crippen molar-refractivity contribution in [1.29, 1.82) is 0 Å². The van der Waals surface area contributed by atoms with E-state index in [0.717, 1.165) is 6.42 Å². The van der Waals surface area contributed by atoms with Crippen molar-refractivity contribution in [1.82, 2.24) is 9.80 Å². The van der Waals surface area contributed by atoms with Crippen molar-refractivity contribution in [3.05, 3.63) is 0 Å². The Morgan fingerprint density at radius 1 is 1.41 bits per heavy atom. The normalized spacial score (nSPS) is 24.2. The van der Waals surface area contributed by atoms with Crippen molar-refractivity contribution < 1.29 is 24.2 Å². The zero-order chi connectivity index (χ0) is 16.5. The Hall–Kier alpha value is -1.34. The number of likely N-dealkylation sites (N-methyl/N-ethyl adjacent to an activating group) is 1. The van der Waals surface area contributed by atoms with Gasteiger partial charge in [-0.05, 0) is 34.2 Å².